The van der Waals surface area contributed by atoms with Crippen molar-refractivity contribution in [2.45, 2.75) is 6.92 Å². The minimum atomic E-state index is 0.807. The van der Waals surface area contributed by atoms with Crippen LogP contribution in [-0.4, -0.2) is 15.0 Å². The largest absolute Gasteiger partial charge is 0.340 e. The van der Waals surface area contributed by atoms with E-state index >= 15 is 0 Å². The Morgan fingerprint density at radius 1 is 0.944 bits per heavy atom. The molecule has 18 heavy (non-hydrogen) atoms. The molecule has 3 aromatic heterocycles. The van der Waals surface area contributed by atoms with Crippen molar-refractivity contribution in [1.82, 2.24) is 15.0 Å². The van der Waals surface area contributed by atoms with Gasteiger partial charge in [0.1, 0.15) is 5.82 Å². The van der Waals surface area contributed by atoms with E-state index in [1.165, 1.54) is 0 Å². The Labute approximate surface area is 105 Å². The number of rotatable bonds is 2. The van der Waals surface area contributed by atoms with Crippen LogP contribution in [-0.2, 0) is 0 Å². The van der Waals surface area contributed by atoms with Gasteiger partial charge >= 0.3 is 0 Å². The first-order chi connectivity index (χ1) is 8.81. The quantitative estimate of drug-likeness (QED) is 0.742. The maximum Gasteiger partial charge on any atom is 0.131 e. The highest BCUT2D eigenvalue weighted by molar-refractivity contribution is 5.76. The molecule has 0 unspecified atom stereocenters. The smallest absolute Gasteiger partial charge is 0.131 e. The predicted molar refractivity (Wildman–Crippen MR) is 71.8 cm³/mol. The molecule has 3 heterocycles. The second kappa shape index (κ2) is 4.41. The SMILES string of the molecule is Cc1cc(Nc2ccc3ncccc3n2)ccn1. The third kappa shape index (κ3) is 2.13. The minimum absolute atomic E-state index is 0.807. The van der Waals surface area contributed by atoms with Crippen LogP contribution < -0.4 is 5.32 Å². The number of hydrogen-bond donors (Lipinski definition) is 1. The fourth-order valence-corrected chi connectivity index (χ4v) is 1.80. The molecule has 88 valence electrons. The number of pyridine rings is 3. The van der Waals surface area contributed by atoms with Gasteiger partial charge in [0.2, 0.25) is 0 Å². The summed E-state index contributed by atoms with van der Waals surface area (Å²) in [5, 5.41) is 3.26. The van der Waals surface area contributed by atoms with Gasteiger partial charge in [-0.15, -0.1) is 0 Å². The summed E-state index contributed by atoms with van der Waals surface area (Å²) in [7, 11) is 0. The van der Waals surface area contributed by atoms with Crippen molar-refractivity contribution in [1.29, 1.82) is 0 Å². The van der Waals surface area contributed by atoms with Crippen molar-refractivity contribution in [3.05, 3.63) is 54.5 Å². The number of aromatic nitrogens is 3. The molecule has 0 aliphatic carbocycles. The topological polar surface area (TPSA) is 50.7 Å². The second-order valence-electron chi connectivity index (χ2n) is 4.05. The van der Waals surface area contributed by atoms with Gasteiger partial charge < -0.3 is 5.32 Å². The van der Waals surface area contributed by atoms with Gasteiger partial charge in [0, 0.05) is 23.8 Å². The van der Waals surface area contributed by atoms with Crippen LogP contribution in [0.5, 0.6) is 0 Å². The zero-order chi connectivity index (χ0) is 12.4. The Bertz CT molecular complexity index is 694. The van der Waals surface area contributed by atoms with E-state index in [2.05, 4.69) is 20.3 Å². The molecule has 0 radical (unpaired) electrons. The fraction of sp³-hybridized carbons (Fsp3) is 0.0714. The summed E-state index contributed by atoms with van der Waals surface area (Å²) in [5.74, 6) is 0.807. The first kappa shape index (κ1) is 10.7. The average molecular weight is 236 g/mol. The van der Waals surface area contributed by atoms with Crippen LogP contribution in [0.4, 0.5) is 11.5 Å². The van der Waals surface area contributed by atoms with Gasteiger partial charge in [0.25, 0.3) is 0 Å². The Balaban J connectivity index is 1.95. The zero-order valence-corrected chi connectivity index (χ0v) is 9.96. The summed E-state index contributed by atoms with van der Waals surface area (Å²) in [4.78, 5) is 12.9. The Hall–Kier alpha value is -2.49. The third-order valence-corrected chi connectivity index (χ3v) is 2.63. The third-order valence-electron chi connectivity index (χ3n) is 2.63. The lowest BCUT2D eigenvalue weighted by Crippen LogP contribution is -1.95. The molecular weight excluding hydrogens is 224 g/mol. The molecule has 0 amide bonds. The van der Waals surface area contributed by atoms with Gasteiger partial charge in [-0.1, -0.05) is 0 Å². The van der Waals surface area contributed by atoms with Gasteiger partial charge in [-0.2, -0.15) is 0 Å². The Morgan fingerprint density at radius 2 is 1.89 bits per heavy atom. The number of nitrogens with zero attached hydrogens (tertiary/aromatic N) is 3. The summed E-state index contributed by atoms with van der Waals surface area (Å²) in [6, 6.07) is 11.6. The Morgan fingerprint density at radius 3 is 2.78 bits per heavy atom. The van der Waals surface area contributed by atoms with Gasteiger partial charge in [0.05, 0.1) is 11.0 Å². The molecule has 0 saturated heterocycles. The van der Waals surface area contributed by atoms with Crippen molar-refractivity contribution >= 4 is 22.5 Å². The highest BCUT2D eigenvalue weighted by Gasteiger charge is 1.99. The average Bonchev–Trinajstić information content (AvgIpc) is 2.39. The van der Waals surface area contributed by atoms with Gasteiger partial charge in [0.15, 0.2) is 0 Å². The normalized spacial score (nSPS) is 10.5. The number of fused-ring (bicyclic) bond motifs is 1. The number of aryl methyl sites for hydroxylation is 1. The molecule has 3 aromatic rings. The van der Waals surface area contributed by atoms with E-state index in [-0.39, 0.29) is 0 Å². The van der Waals surface area contributed by atoms with Gasteiger partial charge in [-0.05, 0) is 43.3 Å². The summed E-state index contributed by atoms with van der Waals surface area (Å²) in [5.41, 5.74) is 3.74. The van der Waals surface area contributed by atoms with E-state index < -0.39 is 0 Å². The van der Waals surface area contributed by atoms with Crippen molar-refractivity contribution in [3.63, 3.8) is 0 Å². The van der Waals surface area contributed by atoms with Crippen LogP contribution in [0.25, 0.3) is 11.0 Å². The van der Waals surface area contributed by atoms with Gasteiger partial charge in [-0.3, -0.25) is 9.97 Å². The van der Waals surface area contributed by atoms with Crippen molar-refractivity contribution in [2.75, 3.05) is 5.32 Å². The monoisotopic (exact) mass is 236 g/mol. The molecule has 0 fully saturated rings. The van der Waals surface area contributed by atoms with Crippen LogP contribution >= 0.6 is 0 Å². The van der Waals surface area contributed by atoms with E-state index in [4.69, 9.17) is 0 Å². The number of anilines is 2. The lowest BCUT2D eigenvalue weighted by atomic mass is 10.3. The Kier molecular flexibility index (Phi) is 2.61. The first-order valence-electron chi connectivity index (χ1n) is 5.73. The fourth-order valence-electron chi connectivity index (χ4n) is 1.80. The number of nitrogens with one attached hydrogen (secondary N) is 1. The summed E-state index contributed by atoms with van der Waals surface area (Å²) >= 11 is 0. The standard InChI is InChI=1S/C14H12N4/c1-10-9-11(6-8-15-10)17-14-5-4-12-13(18-14)3-2-7-16-12/h2-9H,1H3,(H,15,17,18). The molecule has 0 aromatic carbocycles. The highest BCUT2D eigenvalue weighted by atomic mass is 15.0. The van der Waals surface area contributed by atoms with Crippen molar-refractivity contribution in [3.8, 4) is 0 Å². The van der Waals surface area contributed by atoms with E-state index in [1.54, 1.807) is 12.4 Å². The second-order valence-corrected chi connectivity index (χ2v) is 4.05. The molecule has 0 saturated carbocycles. The maximum absolute atomic E-state index is 4.51. The molecule has 0 spiro atoms. The van der Waals surface area contributed by atoms with E-state index in [1.807, 2.05) is 43.3 Å². The van der Waals surface area contributed by atoms with Crippen molar-refractivity contribution < 1.29 is 0 Å². The predicted octanol–water partition coefficient (Wildman–Crippen LogP) is 3.08. The molecule has 0 aliphatic rings. The molecule has 0 aliphatic heterocycles. The molecule has 1 N–H and O–H groups in total. The van der Waals surface area contributed by atoms with Crippen LogP contribution in [0.15, 0.2) is 48.8 Å². The van der Waals surface area contributed by atoms with Crippen LogP contribution in [0, 0.1) is 6.92 Å². The summed E-state index contributed by atoms with van der Waals surface area (Å²) in [6.45, 7) is 1.96. The van der Waals surface area contributed by atoms with Crippen molar-refractivity contribution in [2.24, 2.45) is 0 Å². The summed E-state index contributed by atoms with van der Waals surface area (Å²) in [6.07, 6.45) is 3.55. The molecule has 3 rings (SSSR count). The molecule has 4 nitrogen and oxygen atoms in total. The lowest BCUT2D eigenvalue weighted by Gasteiger charge is -2.06. The first-order valence-corrected chi connectivity index (χ1v) is 5.73. The minimum Gasteiger partial charge on any atom is -0.340 e. The summed E-state index contributed by atoms with van der Waals surface area (Å²) < 4.78 is 0. The number of hydrogen-bond acceptors (Lipinski definition) is 4. The van der Waals surface area contributed by atoms with E-state index in [0.717, 1.165) is 28.2 Å². The highest BCUT2D eigenvalue weighted by Crippen LogP contribution is 2.17. The maximum atomic E-state index is 4.51. The lowest BCUT2D eigenvalue weighted by molar-refractivity contribution is 1.20. The van der Waals surface area contributed by atoms with E-state index in [0.29, 0.717) is 0 Å². The van der Waals surface area contributed by atoms with Gasteiger partial charge in [-0.25, -0.2) is 4.98 Å². The molecule has 4 heteroatoms. The van der Waals surface area contributed by atoms with Crippen LogP contribution in [0.3, 0.4) is 0 Å². The molecular formula is C14H12N4. The zero-order valence-electron chi connectivity index (χ0n) is 9.96. The van der Waals surface area contributed by atoms with Crippen LogP contribution in [0.1, 0.15) is 5.69 Å². The van der Waals surface area contributed by atoms with E-state index in [9.17, 15) is 0 Å². The van der Waals surface area contributed by atoms with Crippen LogP contribution in [0.2, 0.25) is 0 Å². The molecule has 0 atom stereocenters. The molecule has 0 bridgehead atoms.